The van der Waals surface area contributed by atoms with Crippen molar-refractivity contribution in [3.05, 3.63) is 59.7 Å². The van der Waals surface area contributed by atoms with E-state index in [2.05, 4.69) is 25.2 Å². The lowest BCUT2D eigenvalue weighted by Gasteiger charge is -2.23. The molecule has 3 unspecified atom stereocenters. The first-order valence-electron chi connectivity index (χ1n) is 9.39. The smallest absolute Gasteiger partial charge is 0.231 e. The fourth-order valence-corrected chi connectivity index (χ4v) is 3.90. The normalized spacial score (nSPS) is 23.5. The number of carbonyl (C=O) groups is 2. The molecule has 4 nitrogen and oxygen atoms in total. The molecule has 1 fully saturated rings. The van der Waals surface area contributed by atoms with Crippen LogP contribution in [-0.4, -0.2) is 17.9 Å². The summed E-state index contributed by atoms with van der Waals surface area (Å²) in [6.45, 7) is 4.18. The van der Waals surface area contributed by atoms with Gasteiger partial charge in [0.05, 0.1) is 11.8 Å². The lowest BCUT2D eigenvalue weighted by molar-refractivity contribution is -0.123. The van der Waals surface area contributed by atoms with Gasteiger partial charge in [0, 0.05) is 17.4 Å². The van der Waals surface area contributed by atoms with Gasteiger partial charge in [0.15, 0.2) is 0 Å². The second-order valence-corrected chi connectivity index (χ2v) is 7.38. The molecule has 0 spiro atoms. The van der Waals surface area contributed by atoms with E-state index in [1.807, 2.05) is 47.4 Å². The van der Waals surface area contributed by atoms with Gasteiger partial charge in [0.25, 0.3) is 0 Å². The molecule has 0 bridgehead atoms. The molecule has 134 valence electrons. The Bertz CT molecular complexity index is 843. The molecule has 0 aromatic heterocycles. The standard InChI is InChI=1S/C22H24N2O2/c1-3-15-8-10-17(11-9-15)23-21(25)18-13-19(18)22(26)24-14(2)12-16-6-4-5-7-20(16)24/h4-11,14,18-19H,3,12-13H2,1-2H3,(H,23,25). The molecule has 1 N–H and O–H groups in total. The number of aryl methyl sites for hydroxylation is 1. The van der Waals surface area contributed by atoms with Gasteiger partial charge in [-0.05, 0) is 55.5 Å². The number of nitrogens with zero attached hydrogens (tertiary/aromatic N) is 1. The fraction of sp³-hybridized carbons (Fsp3) is 0.364. The van der Waals surface area contributed by atoms with E-state index in [1.165, 1.54) is 11.1 Å². The lowest BCUT2D eigenvalue weighted by Crippen LogP contribution is -2.37. The number of carbonyl (C=O) groups excluding carboxylic acids is 2. The van der Waals surface area contributed by atoms with E-state index >= 15 is 0 Å². The summed E-state index contributed by atoms with van der Waals surface area (Å²) in [4.78, 5) is 27.4. The summed E-state index contributed by atoms with van der Waals surface area (Å²) in [6, 6.07) is 16.1. The highest BCUT2D eigenvalue weighted by atomic mass is 16.2. The molecule has 2 aliphatic rings. The van der Waals surface area contributed by atoms with Gasteiger partial charge >= 0.3 is 0 Å². The Balaban J connectivity index is 1.41. The van der Waals surface area contributed by atoms with Crippen LogP contribution in [0.4, 0.5) is 11.4 Å². The summed E-state index contributed by atoms with van der Waals surface area (Å²) < 4.78 is 0. The lowest BCUT2D eigenvalue weighted by atomic mass is 10.1. The van der Waals surface area contributed by atoms with Crippen LogP contribution in [0.3, 0.4) is 0 Å². The second kappa shape index (κ2) is 6.60. The summed E-state index contributed by atoms with van der Waals surface area (Å²) in [7, 11) is 0. The van der Waals surface area contributed by atoms with Crippen LogP contribution in [0.25, 0.3) is 0 Å². The number of para-hydroxylation sites is 1. The first-order chi connectivity index (χ1) is 12.6. The molecule has 1 saturated carbocycles. The monoisotopic (exact) mass is 348 g/mol. The average Bonchev–Trinajstić information content (AvgIpc) is 3.38. The van der Waals surface area contributed by atoms with Gasteiger partial charge in [-0.3, -0.25) is 9.59 Å². The van der Waals surface area contributed by atoms with Crippen molar-refractivity contribution in [2.75, 3.05) is 10.2 Å². The molecule has 4 heteroatoms. The molecule has 1 aliphatic heterocycles. The Morgan fingerprint density at radius 3 is 2.54 bits per heavy atom. The topological polar surface area (TPSA) is 49.4 Å². The van der Waals surface area contributed by atoms with Crippen LogP contribution in [0.15, 0.2) is 48.5 Å². The summed E-state index contributed by atoms with van der Waals surface area (Å²) in [5, 5.41) is 2.95. The Morgan fingerprint density at radius 2 is 1.81 bits per heavy atom. The van der Waals surface area contributed by atoms with E-state index in [0.717, 1.165) is 24.2 Å². The molecule has 3 atom stereocenters. The minimum Gasteiger partial charge on any atom is -0.326 e. The molecule has 2 amide bonds. The molecule has 1 aliphatic carbocycles. The number of hydrogen-bond donors (Lipinski definition) is 1. The van der Waals surface area contributed by atoms with Crippen molar-refractivity contribution >= 4 is 23.2 Å². The average molecular weight is 348 g/mol. The first-order valence-corrected chi connectivity index (χ1v) is 9.39. The minimum absolute atomic E-state index is 0.0484. The highest BCUT2D eigenvalue weighted by molar-refractivity contribution is 6.05. The summed E-state index contributed by atoms with van der Waals surface area (Å²) in [5.74, 6) is -0.372. The van der Waals surface area contributed by atoms with Gasteiger partial charge < -0.3 is 10.2 Å². The first kappa shape index (κ1) is 16.8. The second-order valence-electron chi connectivity index (χ2n) is 7.38. The van der Waals surface area contributed by atoms with Crippen molar-refractivity contribution in [3.63, 3.8) is 0 Å². The van der Waals surface area contributed by atoms with Gasteiger partial charge in [-0.15, -0.1) is 0 Å². The van der Waals surface area contributed by atoms with Crippen LogP contribution in [0.5, 0.6) is 0 Å². The number of amides is 2. The quantitative estimate of drug-likeness (QED) is 0.914. The van der Waals surface area contributed by atoms with E-state index < -0.39 is 0 Å². The highest BCUT2D eigenvalue weighted by Crippen LogP contribution is 2.44. The van der Waals surface area contributed by atoms with Crippen LogP contribution in [0.2, 0.25) is 0 Å². The van der Waals surface area contributed by atoms with E-state index in [0.29, 0.717) is 6.42 Å². The Morgan fingerprint density at radius 1 is 1.08 bits per heavy atom. The molecule has 2 aromatic carbocycles. The Labute approximate surface area is 154 Å². The van der Waals surface area contributed by atoms with Crippen LogP contribution < -0.4 is 10.2 Å². The SMILES string of the molecule is CCc1ccc(NC(=O)C2CC2C(=O)N2c3ccccc3CC2C)cc1. The summed E-state index contributed by atoms with van der Waals surface area (Å²) in [6.07, 6.45) is 2.50. The largest absolute Gasteiger partial charge is 0.326 e. The van der Waals surface area contributed by atoms with Crippen molar-refractivity contribution in [3.8, 4) is 0 Å². The zero-order valence-corrected chi connectivity index (χ0v) is 15.2. The zero-order valence-electron chi connectivity index (χ0n) is 15.2. The van der Waals surface area contributed by atoms with Gasteiger partial charge in [0.1, 0.15) is 0 Å². The third-order valence-electron chi connectivity index (χ3n) is 5.52. The number of benzene rings is 2. The van der Waals surface area contributed by atoms with Crippen LogP contribution in [0, 0.1) is 11.8 Å². The molecule has 0 radical (unpaired) electrons. The number of nitrogens with one attached hydrogen (secondary N) is 1. The van der Waals surface area contributed by atoms with Crippen molar-refractivity contribution in [1.82, 2.24) is 0 Å². The molecule has 4 rings (SSSR count). The fourth-order valence-electron chi connectivity index (χ4n) is 3.90. The van der Waals surface area contributed by atoms with E-state index in [-0.39, 0.29) is 29.7 Å². The predicted molar refractivity (Wildman–Crippen MR) is 103 cm³/mol. The number of anilines is 2. The number of rotatable bonds is 4. The van der Waals surface area contributed by atoms with Gasteiger partial charge in [-0.1, -0.05) is 37.3 Å². The maximum Gasteiger partial charge on any atom is 0.231 e. The van der Waals surface area contributed by atoms with E-state index in [9.17, 15) is 9.59 Å². The van der Waals surface area contributed by atoms with Crippen LogP contribution >= 0.6 is 0 Å². The molecule has 1 heterocycles. The Hall–Kier alpha value is -2.62. The highest BCUT2D eigenvalue weighted by Gasteiger charge is 2.51. The van der Waals surface area contributed by atoms with Crippen molar-refractivity contribution < 1.29 is 9.59 Å². The van der Waals surface area contributed by atoms with Crippen molar-refractivity contribution in [2.45, 2.75) is 39.2 Å². The predicted octanol–water partition coefficient (Wildman–Crippen LogP) is 3.80. The van der Waals surface area contributed by atoms with E-state index in [1.54, 1.807) is 0 Å². The molecular weight excluding hydrogens is 324 g/mol. The summed E-state index contributed by atoms with van der Waals surface area (Å²) >= 11 is 0. The zero-order chi connectivity index (χ0) is 18.3. The number of hydrogen-bond acceptors (Lipinski definition) is 2. The van der Waals surface area contributed by atoms with Crippen molar-refractivity contribution in [1.29, 1.82) is 0 Å². The van der Waals surface area contributed by atoms with Crippen LogP contribution in [-0.2, 0) is 22.4 Å². The Kier molecular flexibility index (Phi) is 4.27. The van der Waals surface area contributed by atoms with Crippen LogP contribution in [0.1, 0.15) is 31.4 Å². The minimum atomic E-state index is -0.215. The molecular formula is C22H24N2O2. The number of fused-ring (bicyclic) bond motifs is 1. The van der Waals surface area contributed by atoms with Gasteiger partial charge in [-0.25, -0.2) is 0 Å². The van der Waals surface area contributed by atoms with Crippen molar-refractivity contribution in [2.24, 2.45) is 11.8 Å². The third-order valence-corrected chi connectivity index (χ3v) is 5.52. The molecule has 0 saturated heterocycles. The maximum absolute atomic E-state index is 13.0. The summed E-state index contributed by atoms with van der Waals surface area (Å²) in [5.41, 5.74) is 4.26. The van der Waals surface area contributed by atoms with Gasteiger partial charge in [-0.2, -0.15) is 0 Å². The third kappa shape index (κ3) is 3.00. The maximum atomic E-state index is 13.0. The van der Waals surface area contributed by atoms with Gasteiger partial charge in [0.2, 0.25) is 11.8 Å². The molecule has 2 aromatic rings. The molecule has 26 heavy (non-hydrogen) atoms. The van der Waals surface area contributed by atoms with E-state index in [4.69, 9.17) is 0 Å².